The number of nitrogens with zero attached hydrogens (tertiary/aromatic N) is 1. The second-order valence-corrected chi connectivity index (χ2v) is 5.57. The highest BCUT2D eigenvalue weighted by Crippen LogP contribution is 2.29. The molecule has 0 saturated carbocycles. The standard InChI is InChI=1S/C12H13BrN2S/c1-8(14-2)11-7-15-12(16-11)9-4-3-5-10(13)6-9/h3-8,14H,1-2H3. The van der Waals surface area contributed by atoms with Gasteiger partial charge in [0.15, 0.2) is 0 Å². The van der Waals surface area contributed by atoms with E-state index in [4.69, 9.17) is 0 Å². The fraction of sp³-hybridized carbons (Fsp3) is 0.250. The molecular formula is C12H13BrN2S. The monoisotopic (exact) mass is 296 g/mol. The zero-order valence-electron chi connectivity index (χ0n) is 9.20. The molecule has 84 valence electrons. The van der Waals surface area contributed by atoms with Crippen molar-refractivity contribution < 1.29 is 0 Å². The number of rotatable bonds is 3. The first-order valence-electron chi connectivity index (χ1n) is 5.09. The summed E-state index contributed by atoms with van der Waals surface area (Å²) in [5.41, 5.74) is 1.16. The van der Waals surface area contributed by atoms with Crippen LogP contribution in [0.5, 0.6) is 0 Å². The fourth-order valence-electron chi connectivity index (χ4n) is 1.38. The lowest BCUT2D eigenvalue weighted by Crippen LogP contribution is -2.10. The molecule has 2 aromatic rings. The number of nitrogens with one attached hydrogen (secondary N) is 1. The Bertz CT molecular complexity index is 481. The fourth-order valence-corrected chi connectivity index (χ4v) is 2.76. The van der Waals surface area contributed by atoms with Crippen molar-refractivity contribution in [3.8, 4) is 10.6 Å². The van der Waals surface area contributed by atoms with Crippen LogP contribution in [0.15, 0.2) is 34.9 Å². The molecule has 2 nitrogen and oxygen atoms in total. The highest BCUT2D eigenvalue weighted by Gasteiger charge is 2.09. The number of thiazole rings is 1. The van der Waals surface area contributed by atoms with Crippen molar-refractivity contribution in [2.45, 2.75) is 13.0 Å². The van der Waals surface area contributed by atoms with Gasteiger partial charge in [0.05, 0.1) is 0 Å². The summed E-state index contributed by atoms with van der Waals surface area (Å²) in [7, 11) is 1.96. The minimum atomic E-state index is 0.360. The van der Waals surface area contributed by atoms with Crippen LogP contribution in [0.4, 0.5) is 0 Å². The topological polar surface area (TPSA) is 24.9 Å². The molecule has 1 atom stereocenters. The summed E-state index contributed by atoms with van der Waals surface area (Å²) in [5.74, 6) is 0. The molecule has 0 saturated heterocycles. The van der Waals surface area contributed by atoms with Gasteiger partial charge >= 0.3 is 0 Å². The molecule has 0 radical (unpaired) electrons. The Kier molecular flexibility index (Phi) is 3.74. The molecule has 0 spiro atoms. The summed E-state index contributed by atoms with van der Waals surface area (Å²) in [5, 5.41) is 4.29. The molecule has 1 aromatic carbocycles. The summed E-state index contributed by atoms with van der Waals surface area (Å²) >= 11 is 5.21. The van der Waals surface area contributed by atoms with Crippen LogP contribution in [0, 0.1) is 0 Å². The third-order valence-electron chi connectivity index (χ3n) is 2.45. The molecule has 2 rings (SSSR count). The van der Waals surface area contributed by atoms with E-state index in [2.05, 4.69) is 45.3 Å². The minimum Gasteiger partial charge on any atom is -0.312 e. The first-order chi connectivity index (χ1) is 7.70. The molecule has 1 heterocycles. The van der Waals surface area contributed by atoms with E-state index in [-0.39, 0.29) is 0 Å². The van der Waals surface area contributed by atoms with Crippen LogP contribution in [-0.4, -0.2) is 12.0 Å². The van der Waals surface area contributed by atoms with Gasteiger partial charge in [0.1, 0.15) is 5.01 Å². The zero-order valence-corrected chi connectivity index (χ0v) is 11.6. The number of hydrogen-bond donors (Lipinski definition) is 1. The van der Waals surface area contributed by atoms with Gasteiger partial charge in [-0.3, -0.25) is 0 Å². The van der Waals surface area contributed by atoms with Crippen molar-refractivity contribution >= 4 is 27.3 Å². The van der Waals surface area contributed by atoms with Gasteiger partial charge in [-0.25, -0.2) is 4.98 Å². The predicted octanol–water partition coefficient (Wildman–Crippen LogP) is 3.85. The van der Waals surface area contributed by atoms with Crippen LogP contribution in [0.3, 0.4) is 0 Å². The van der Waals surface area contributed by atoms with Crippen LogP contribution >= 0.6 is 27.3 Å². The summed E-state index contributed by atoms with van der Waals surface area (Å²) < 4.78 is 1.09. The average Bonchev–Trinajstić information content (AvgIpc) is 2.77. The molecule has 1 aromatic heterocycles. The maximum absolute atomic E-state index is 4.45. The lowest BCUT2D eigenvalue weighted by atomic mass is 10.2. The van der Waals surface area contributed by atoms with E-state index >= 15 is 0 Å². The van der Waals surface area contributed by atoms with Gasteiger partial charge in [-0.05, 0) is 26.1 Å². The first-order valence-corrected chi connectivity index (χ1v) is 6.70. The smallest absolute Gasteiger partial charge is 0.123 e. The van der Waals surface area contributed by atoms with Crippen molar-refractivity contribution in [1.29, 1.82) is 0 Å². The Morgan fingerprint density at radius 1 is 1.44 bits per heavy atom. The third kappa shape index (κ3) is 2.51. The van der Waals surface area contributed by atoms with Gasteiger partial charge < -0.3 is 5.32 Å². The highest BCUT2D eigenvalue weighted by atomic mass is 79.9. The summed E-state index contributed by atoms with van der Waals surface area (Å²) in [6.07, 6.45) is 1.95. The van der Waals surface area contributed by atoms with Crippen molar-refractivity contribution in [3.05, 3.63) is 39.8 Å². The number of halogens is 1. The Morgan fingerprint density at radius 3 is 2.94 bits per heavy atom. The molecule has 0 fully saturated rings. The van der Waals surface area contributed by atoms with Gasteiger partial charge in [-0.15, -0.1) is 11.3 Å². The van der Waals surface area contributed by atoms with Crippen molar-refractivity contribution in [3.63, 3.8) is 0 Å². The van der Waals surface area contributed by atoms with E-state index in [1.165, 1.54) is 4.88 Å². The average molecular weight is 297 g/mol. The van der Waals surface area contributed by atoms with Crippen molar-refractivity contribution in [1.82, 2.24) is 10.3 Å². The predicted molar refractivity (Wildman–Crippen MR) is 72.7 cm³/mol. The van der Waals surface area contributed by atoms with Crippen LogP contribution in [-0.2, 0) is 0 Å². The highest BCUT2D eigenvalue weighted by molar-refractivity contribution is 9.10. The maximum atomic E-state index is 4.45. The van der Waals surface area contributed by atoms with Crippen LogP contribution in [0.1, 0.15) is 17.8 Å². The first kappa shape index (κ1) is 11.8. The molecule has 1 N–H and O–H groups in total. The van der Waals surface area contributed by atoms with Gasteiger partial charge in [0.2, 0.25) is 0 Å². The second kappa shape index (κ2) is 5.08. The molecular weight excluding hydrogens is 284 g/mol. The quantitative estimate of drug-likeness (QED) is 0.930. The maximum Gasteiger partial charge on any atom is 0.123 e. The van der Waals surface area contributed by atoms with E-state index in [9.17, 15) is 0 Å². The molecule has 16 heavy (non-hydrogen) atoms. The van der Waals surface area contributed by atoms with Gasteiger partial charge in [0.25, 0.3) is 0 Å². The Morgan fingerprint density at radius 2 is 2.25 bits per heavy atom. The van der Waals surface area contributed by atoms with E-state index in [1.807, 2.05) is 25.4 Å². The molecule has 1 unspecified atom stereocenters. The number of aromatic nitrogens is 1. The summed E-state index contributed by atoms with van der Waals surface area (Å²) in [6.45, 7) is 2.14. The third-order valence-corrected chi connectivity index (χ3v) is 4.18. The molecule has 4 heteroatoms. The molecule has 0 bridgehead atoms. The van der Waals surface area contributed by atoms with Gasteiger partial charge in [-0.2, -0.15) is 0 Å². The van der Waals surface area contributed by atoms with Crippen LogP contribution in [0.2, 0.25) is 0 Å². The lowest BCUT2D eigenvalue weighted by molar-refractivity contribution is 0.662. The van der Waals surface area contributed by atoms with E-state index in [1.54, 1.807) is 11.3 Å². The van der Waals surface area contributed by atoms with Crippen LogP contribution < -0.4 is 5.32 Å². The SMILES string of the molecule is CNC(C)c1cnc(-c2cccc(Br)c2)s1. The summed E-state index contributed by atoms with van der Waals surface area (Å²) in [6, 6.07) is 8.58. The van der Waals surface area contributed by atoms with Gasteiger partial charge in [0, 0.05) is 27.2 Å². The largest absolute Gasteiger partial charge is 0.312 e. The normalized spacial score (nSPS) is 12.7. The van der Waals surface area contributed by atoms with E-state index in [0.29, 0.717) is 6.04 Å². The lowest BCUT2D eigenvalue weighted by Gasteiger charge is -2.04. The molecule has 0 amide bonds. The zero-order chi connectivity index (χ0) is 11.5. The van der Waals surface area contributed by atoms with E-state index < -0.39 is 0 Å². The van der Waals surface area contributed by atoms with Crippen molar-refractivity contribution in [2.75, 3.05) is 7.05 Å². The number of hydrogen-bond acceptors (Lipinski definition) is 3. The molecule has 0 aliphatic rings. The second-order valence-electron chi connectivity index (χ2n) is 3.59. The van der Waals surface area contributed by atoms with Gasteiger partial charge in [-0.1, -0.05) is 28.1 Å². The Hall–Kier alpha value is -0.710. The van der Waals surface area contributed by atoms with Crippen molar-refractivity contribution in [2.24, 2.45) is 0 Å². The minimum absolute atomic E-state index is 0.360. The number of benzene rings is 1. The Balaban J connectivity index is 2.31. The van der Waals surface area contributed by atoms with E-state index in [0.717, 1.165) is 15.0 Å². The molecule has 0 aliphatic carbocycles. The molecule has 0 aliphatic heterocycles. The Labute approximate surface area is 108 Å². The summed E-state index contributed by atoms with van der Waals surface area (Å²) in [4.78, 5) is 5.72. The van der Waals surface area contributed by atoms with Crippen LogP contribution in [0.25, 0.3) is 10.6 Å².